The summed E-state index contributed by atoms with van der Waals surface area (Å²) in [5.41, 5.74) is 0. The van der Waals surface area contributed by atoms with E-state index in [1.54, 1.807) is 0 Å². The molecule has 0 aliphatic carbocycles. The van der Waals surface area contributed by atoms with Gasteiger partial charge in [0.15, 0.2) is 25.7 Å². The molecule has 1 aromatic carbocycles. The van der Waals surface area contributed by atoms with Crippen molar-refractivity contribution < 1.29 is 20.6 Å². The van der Waals surface area contributed by atoms with Crippen LogP contribution in [0.25, 0.3) is 0 Å². The Bertz CT molecular complexity index is 692. The van der Waals surface area contributed by atoms with Crippen LogP contribution >= 0.6 is 0 Å². The molecule has 0 N–H and O–H groups in total. The summed E-state index contributed by atoms with van der Waals surface area (Å²) in [6, 6.07) is 16.2. The smallest absolute Gasteiger partial charge is 0.436 e. The van der Waals surface area contributed by atoms with Gasteiger partial charge in [0.25, 0.3) is 0 Å². The van der Waals surface area contributed by atoms with E-state index in [1.807, 2.05) is 0 Å². The van der Waals surface area contributed by atoms with Gasteiger partial charge in [0.05, 0.1) is 0 Å². The van der Waals surface area contributed by atoms with Crippen LogP contribution in [-0.4, -0.2) is 51.6 Å². The van der Waals surface area contributed by atoms with Crippen molar-refractivity contribution in [2.24, 2.45) is 0 Å². The van der Waals surface area contributed by atoms with Crippen LogP contribution in [0.3, 0.4) is 0 Å². The molecule has 0 fully saturated rings. The molecule has 0 saturated heterocycles. The Morgan fingerprint density at radius 1 is 0.571 bits per heavy atom. The minimum atomic E-state index is -3.35. The van der Waals surface area contributed by atoms with Gasteiger partial charge in [-0.3, -0.25) is 0 Å². The predicted octanol–water partition coefficient (Wildman–Crippen LogP) is 7.31. The van der Waals surface area contributed by atoms with E-state index in [1.165, 1.54) is 0 Å². The van der Waals surface area contributed by atoms with Gasteiger partial charge in [0.2, 0.25) is 0 Å². The minimum Gasteiger partial charge on any atom is -0.436 e. The molecular weight excluding hydrogens is 537 g/mol. The third-order valence-electron chi connectivity index (χ3n) is 6.14. The Labute approximate surface area is 224 Å². The molecule has 11 heteroatoms. The maximum absolute atomic E-state index is 7.44. The lowest BCUT2D eigenvalue weighted by molar-refractivity contribution is 0.216. The van der Waals surface area contributed by atoms with Crippen molar-refractivity contribution in [3.8, 4) is 0 Å². The van der Waals surface area contributed by atoms with Gasteiger partial charge in [0.1, 0.15) is 0 Å². The van der Waals surface area contributed by atoms with Crippen molar-refractivity contribution >= 4 is 56.8 Å². The summed E-state index contributed by atoms with van der Waals surface area (Å²) in [5.74, 6) is 0. The molecule has 0 aliphatic heterocycles. The predicted molar refractivity (Wildman–Crippen MR) is 165 cm³/mol. The maximum atomic E-state index is 7.44. The van der Waals surface area contributed by atoms with E-state index < -0.39 is 51.6 Å². The molecule has 0 radical (unpaired) electrons. The van der Waals surface area contributed by atoms with Gasteiger partial charge in [-0.2, -0.15) is 0 Å². The Morgan fingerprint density at radius 3 is 1.23 bits per heavy atom. The highest BCUT2D eigenvalue weighted by molar-refractivity contribution is 6.96. The highest BCUT2D eigenvalue weighted by atomic mass is 28.5. The second-order valence-corrected chi connectivity index (χ2v) is 35.0. The molecule has 0 unspecified atom stereocenters. The third-order valence-corrected chi connectivity index (χ3v) is 28.9. The fraction of sp³-hybridized carbons (Fsp3) is 0.750. The van der Waals surface area contributed by atoms with E-state index in [0.717, 1.165) is 41.5 Å². The molecule has 0 aromatic heterocycles. The van der Waals surface area contributed by atoms with E-state index in [-0.39, 0.29) is 0 Å². The van der Waals surface area contributed by atoms with Crippen LogP contribution in [0.4, 0.5) is 0 Å². The second-order valence-electron chi connectivity index (χ2n) is 11.3. The quantitative estimate of drug-likeness (QED) is 0.178. The van der Waals surface area contributed by atoms with Crippen molar-refractivity contribution in [3.63, 3.8) is 0 Å². The molecule has 1 rings (SSSR count). The molecule has 1 aromatic rings. The topological polar surface area (TPSA) is 46.2 Å². The number of benzene rings is 1. The minimum absolute atomic E-state index is 0.883. The Kier molecular flexibility index (Phi) is 13.3. The number of rotatable bonds is 17. The lowest BCUT2D eigenvalue weighted by Crippen LogP contribution is -2.70. The van der Waals surface area contributed by atoms with Crippen LogP contribution in [0.1, 0.15) is 41.5 Å². The molecule has 35 heavy (non-hydrogen) atoms. The van der Waals surface area contributed by atoms with E-state index in [4.69, 9.17) is 20.6 Å². The summed E-state index contributed by atoms with van der Waals surface area (Å²) in [6.45, 7) is 26.9. The van der Waals surface area contributed by atoms with Crippen LogP contribution in [0, 0.1) is 0 Å². The van der Waals surface area contributed by atoms with Crippen molar-refractivity contribution in [2.75, 3.05) is 0 Å². The van der Waals surface area contributed by atoms with Gasteiger partial charge in [-0.15, -0.1) is 0 Å². The van der Waals surface area contributed by atoms with Gasteiger partial charge < -0.3 is 20.6 Å². The standard InChI is InChI=1S/C24H54O5Si6/c1-13-30(14-2)25-35(24-22-20-19-21-23-24,28-33(15-3,16-4)26-31(7,8)9)29-34(17-5,18-6)27-32(10,11)12/h19-23,30H,13-18H2,1-12H3. The molecule has 204 valence electrons. The first-order valence-corrected chi connectivity index (χ1v) is 28.8. The highest BCUT2D eigenvalue weighted by Crippen LogP contribution is 2.34. The zero-order chi connectivity index (χ0) is 27.0. The molecule has 0 aliphatic rings. The molecule has 0 spiro atoms. The molecular formula is C24H54O5Si6. The zero-order valence-corrected chi connectivity index (χ0v) is 30.9. The normalized spacial score (nSPS) is 14.1. The Balaban J connectivity index is 3.86. The summed E-state index contributed by atoms with van der Waals surface area (Å²) >= 11 is 0. The largest absolute Gasteiger partial charge is 0.508 e. The molecule has 0 bridgehead atoms. The van der Waals surface area contributed by atoms with Gasteiger partial charge in [-0.05, 0) is 75.5 Å². The number of hydrogen-bond acceptors (Lipinski definition) is 5. The van der Waals surface area contributed by atoms with E-state index in [0.29, 0.717) is 0 Å². The van der Waals surface area contributed by atoms with Crippen LogP contribution < -0.4 is 5.19 Å². The van der Waals surface area contributed by atoms with Gasteiger partial charge in [-0.25, -0.2) is 0 Å². The van der Waals surface area contributed by atoms with E-state index >= 15 is 0 Å². The summed E-state index contributed by atoms with van der Waals surface area (Å²) in [7, 11) is -13.8. The van der Waals surface area contributed by atoms with Crippen molar-refractivity contribution in [3.05, 3.63) is 30.3 Å². The highest BCUT2D eigenvalue weighted by Gasteiger charge is 2.58. The summed E-state index contributed by atoms with van der Waals surface area (Å²) in [5, 5.41) is 1.07. The fourth-order valence-electron chi connectivity index (χ4n) is 4.30. The Hall–Kier alpha value is 0.321. The average molecular weight is 591 g/mol. The first-order valence-electron chi connectivity index (χ1n) is 13.7. The summed E-state index contributed by atoms with van der Waals surface area (Å²) in [6.07, 6.45) is 0. The maximum Gasteiger partial charge on any atom is 0.508 e. The van der Waals surface area contributed by atoms with Crippen LogP contribution in [0.5, 0.6) is 0 Å². The van der Waals surface area contributed by atoms with Crippen molar-refractivity contribution in [1.82, 2.24) is 0 Å². The molecule has 5 nitrogen and oxygen atoms in total. The molecule has 0 amide bonds. The van der Waals surface area contributed by atoms with Crippen LogP contribution in [0.2, 0.25) is 75.5 Å². The van der Waals surface area contributed by atoms with Crippen LogP contribution in [-0.2, 0) is 20.6 Å². The monoisotopic (exact) mass is 590 g/mol. The van der Waals surface area contributed by atoms with Gasteiger partial charge >= 0.3 is 25.9 Å². The molecule has 0 saturated carbocycles. The van der Waals surface area contributed by atoms with Crippen LogP contribution in [0.15, 0.2) is 30.3 Å². The van der Waals surface area contributed by atoms with E-state index in [9.17, 15) is 0 Å². The molecule has 0 atom stereocenters. The molecule has 0 heterocycles. The van der Waals surface area contributed by atoms with E-state index in [2.05, 4.69) is 111 Å². The number of hydrogen-bond donors (Lipinski definition) is 0. The second kappa shape index (κ2) is 13.9. The third kappa shape index (κ3) is 10.2. The fourth-order valence-corrected chi connectivity index (χ4v) is 31.4. The Morgan fingerprint density at radius 2 is 0.943 bits per heavy atom. The van der Waals surface area contributed by atoms with Gasteiger partial charge in [-0.1, -0.05) is 71.9 Å². The zero-order valence-electron chi connectivity index (χ0n) is 24.7. The average Bonchev–Trinajstić information content (AvgIpc) is 2.80. The van der Waals surface area contributed by atoms with Crippen molar-refractivity contribution in [2.45, 2.75) is 117 Å². The summed E-state index contributed by atoms with van der Waals surface area (Å²) < 4.78 is 36.1. The van der Waals surface area contributed by atoms with Gasteiger partial charge in [0, 0.05) is 5.19 Å². The first-order chi connectivity index (χ1) is 16.2. The lowest BCUT2D eigenvalue weighted by atomic mass is 10.4. The van der Waals surface area contributed by atoms with Crippen molar-refractivity contribution in [1.29, 1.82) is 0 Å². The lowest BCUT2D eigenvalue weighted by Gasteiger charge is -2.47. The summed E-state index contributed by atoms with van der Waals surface area (Å²) in [4.78, 5) is 0. The SMILES string of the molecule is CC[SiH](CC)O[Si](O[Si](CC)(CC)O[Si](C)(C)C)(O[Si](CC)(CC)O[Si](C)(C)C)c1ccccc1. The first kappa shape index (κ1) is 33.3.